The third-order valence-electron chi connectivity index (χ3n) is 5.37. The number of rotatable bonds is 3. The summed E-state index contributed by atoms with van der Waals surface area (Å²) >= 11 is 0. The molecule has 7 heteroatoms. The summed E-state index contributed by atoms with van der Waals surface area (Å²) in [5.41, 5.74) is 4.18. The highest BCUT2D eigenvalue weighted by atomic mass is 16.5. The van der Waals surface area contributed by atoms with Gasteiger partial charge < -0.3 is 13.8 Å². The van der Waals surface area contributed by atoms with Crippen molar-refractivity contribution in [2.75, 3.05) is 6.61 Å². The van der Waals surface area contributed by atoms with Crippen LogP contribution in [0.25, 0.3) is 21.9 Å². The van der Waals surface area contributed by atoms with Crippen molar-refractivity contribution in [2.45, 2.75) is 38.3 Å². The van der Waals surface area contributed by atoms with Crippen molar-refractivity contribution >= 4 is 21.9 Å². The van der Waals surface area contributed by atoms with Gasteiger partial charge in [0.1, 0.15) is 17.6 Å². The SMILES string of the molecule is C[C@@H]1CC(n2c(Cc3ccon3)nc3cnc4ccc(C#N)cc4c32)CCO1. The van der Waals surface area contributed by atoms with Crippen molar-refractivity contribution < 1.29 is 9.26 Å². The van der Waals surface area contributed by atoms with Gasteiger partial charge in [0, 0.05) is 24.1 Å². The first-order valence-electron chi connectivity index (χ1n) is 9.43. The number of benzene rings is 1. The summed E-state index contributed by atoms with van der Waals surface area (Å²) in [6.45, 7) is 2.83. The van der Waals surface area contributed by atoms with E-state index in [0.717, 1.165) is 52.9 Å². The van der Waals surface area contributed by atoms with E-state index in [9.17, 15) is 5.26 Å². The number of pyridine rings is 1. The molecule has 1 saturated heterocycles. The van der Waals surface area contributed by atoms with Gasteiger partial charge in [-0.3, -0.25) is 4.98 Å². The van der Waals surface area contributed by atoms with E-state index in [1.54, 1.807) is 12.3 Å². The zero-order chi connectivity index (χ0) is 19.1. The fraction of sp³-hybridized carbons (Fsp3) is 0.333. The maximum Gasteiger partial charge on any atom is 0.124 e. The van der Waals surface area contributed by atoms with Gasteiger partial charge in [-0.15, -0.1) is 0 Å². The van der Waals surface area contributed by atoms with Crippen molar-refractivity contribution in [3.63, 3.8) is 0 Å². The highest BCUT2D eigenvalue weighted by molar-refractivity contribution is 6.02. The summed E-state index contributed by atoms with van der Waals surface area (Å²) in [5.74, 6) is 0.930. The molecule has 1 aliphatic rings. The normalized spacial score (nSPS) is 19.9. The van der Waals surface area contributed by atoms with E-state index in [-0.39, 0.29) is 12.1 Å². The monoisotopic (exact) mass is 373 g/mol. The van der Waals surface area contributed by atoms with Crippen LogP contribution in [0, 0.1) is 11.3 Å². The molecule has 28 heavy (non-hydrogen) atoms. The number of aromatic nitrogens is 4. The summed E-state index contributed by atoms with van der Waals surface area (Å²) in [7, 11) is 0. The molecule has 1 unspecified atom stereocenters. The standard InChI is InChI=1S/C21H19N5O2/c1-13-8-16(5-6-27-13)26-20(10-15-4-7-28-25-15)24-19-12-23-18-3-2-14(11-22)9-17(18)21(19)26/h2-4,7,9,12-13,16H,5-6,8,10H2,1H3/t13-,16?/m1/s1. The van der Waals surface area contributed by atoms with Crippen molar-refractivity contribution in [3.8, 4) is 6.07 Å². The van der Waals surface area contributed by atoms with Crippen LogP contribution in [0.15, 0.2) is 41.2 Å². The molecule has 0 aliphatic carbocycles. The molecule has 1 aromatic carbocycles. The van der Waals surface area contributed by atoms with Crippen molar-refractivity contribution in [2.24, 2.45) is 0 Å². The Morgan fingerprint density at radius 3 is 3.00 bits per heavy atom. The van der Waals surface area contributed by atoms with Crippen LogP contribution in [0.5, 0.6) is 0 Å². The third kappa shape index (κ3) is 2.83. The lowest BCUT2D eigenvalue weighted by atomic mass is 10.0. The Kier molecular flexibility index (Phi) is 4.06. The number of fused-ring (bicyclic) bond motifs is 3. The maximum atomic E-state index is 9.37. The minimum atomic E-state index is 0.193. The van der Waals surface area contributed by atoms with Gasteiger partial charge in [0.15, 0.2) is 0 Å². The second kappa shape index (κ2) is 6.73. The van der Waals surface area contributed by atoms with Gasteiger partial charge in [-0.2, -0.15) is 5.26 Å². The average molecular weight is 373 g/mol. The van der Waals surface area contributed by atoms with Crippen LogP contribution >= 0.6 is 0 Å². The van der Waals surface area contributed by atoms with Crippen molar-refractivity contribution in [1.29, 1.82) is 5.26 Å². The topological polar surface area (TPSA) is 89.8 Å². The predicted octanol–water partition coefficient (Wildman–Crippen LogP) is 3.77. The van der Waals surface area contributed by atoms with Gasteiger partial charge in [0.2, 0.25) is 0 Å². The number of nitriles is 1. The molecule has 140 valence electrons. The number of ether oxygens (including phenoxy) is 1. The number of hydrogen-bond donors (Lipinski definition) is 0. The minimum Gasteiger partial charge on any atom is -0.378 e. The lowest BCUT2D eigenvalue weighted by molar-refractivity contribution is 0.00630. The number of nitrogens with zero attached hydrogens (tertiary/aromatic N) is 5. The summed E-state index contributed by atoms with van der Waals surface area (Å²) in [6, 6.07) is 9.97. The maximum absolute atomic E-state index is 9.37. The predicted molar refractivity (Wildman–Crippen MR) is 103 cm³/mol. The molecule has 0 N–H and O–H groups in total. The fourth-order valence-corrected chi connectivity index (χ4v) is 4.11. The molecular formula is C21H19N5O2. The largest absolute Gasteiger partial charge is 0.378 e. The Hall–Kier alpha value is -3.24. The lowest BCUT2D eigenvalue weighted by Gasteiger charge is -2.30. The molecule has 1 aliphatic heterocycles. The molecule has 5 rings (SSSR count). The first kappa shape index (κ1) is 16.9. The van der Waals surface area contributed by atoms with E-state index in [0.29, 0.717) is 12.0 Å². The molecule has 0 bridgehead atoms. The highest BCUT2D eigenvalue weighted by Crippen LogP contribution is 2.34. The minimum absolute atomic E-state index is 0.193. The van der Waals surface area contributed by atoms with Crippen LogP contribution in [0.3, 0.4) is 0 Å². The Bertz CT molecular complexity index is 1190. The summed E-state index contributed by atoms with van der Waals surface area (Å²) in [6.07, 6.45) is 6.00. The molecule has 0 saturated carbocycles. The van der Waals surface area contributed by atoms with Gasteiger partial charge in [-0.1, -0.05) is 5.16 Å². The number of imidazole rings is 1. The molecule has 3 aromatic heterocycles. The molecular weight excluding hydrogens is 354 g/mol. The Morgan fingerprint density at radius 1 is 1.29 bits per heavy atom. The molecule has 0 amide bonds. The molecule has 0 spiro atoms. The Balaban J connectivity index is 1.77. The first-order chi connectivity index (χ1) is 13.7. The second-order valence-electron chi connectivity index (χ2n) is 7.26. The van der Waals surface area contributed by atoms with Crippen LogP contribution < -0.4 is 0 Å². The molecule has 4 aromatic rings. The summed E-state index contributed by atoms with van der Waals surface area (Å²) in [5, 5.41) is 14.4. The highest BCUT2D eigenvalue weighted by Gasteiger charge is 2.26. The zero-order valence-corrected chi connectivity index (χ0v) is 15.5. The lowest BCUT2D eigenvalue weighted by Crippen LogP contribution is -2.26. The van der Waals surface area contributed by atoms with Crippen LogP contribution in [0.4, 0.5) is 0 Å². The van der Waals surface area contributed by atoms with Crippen molar-refractivity contribution in [1.82, 2.24) is 19.7 Å². The fourth-order valence-electron chi connectivity index (χ4n) is 4.11. The van der Waals surface area contributed by atoms with Crippen molar-refractivity contribution in [3.05, 3.63) is 53.8 Å². The third-order valence-corrected chi connectivity index (χ3v) is 5.37. The van der Waals surface area contributed by atoms with Gasteiger partial charge in [0.25, 0.3) is 0 Å². The van der Waals surface area contributed by atoms with Gasteiger partial charge in [0.05, 0.1) is 47.1 Å². The van der Waals surface area contributed by atoms with E-state index in [4.69, 9.17) is 14.2 Å². The summed E-state index contributed by atoms with van der Waals surface area (Å²) in [4.78, 5) is 9.44. The van der Waals surface area contributed by atoms with Crippen LogP contribution in [-0.2, 0) is 11.2 Å². The second-order valence-corrected chi connectivity index (χ2v) is 7.26. The van der Waals surface area contributed by atoms with Crippen LogP contribution in [0.2, 0.25) is 0 Å². The first-order valence-corrected chi connectivity index (χ1v) is 9.43. The van der Waals surface area contributed by atoms with E-state index in [1.807, 2.05) is 24.4 Å². The van der Waals surface area contributed by atoms with Gasteiger partial charge in [-0.25, -0.2) is 4.98 Å². The molecule has 7 nitrogen and oxygen atoms in total. The van der Waals surface area contributed by atoms with Crippen LogP contribution in [-0.4, -0.2) is 32.4 Å². The Labute approximate surface area is 161 Å². The number of hydrogen-bond acceptors (Lipinski definition) is 6. The van der Waals surface area contributed by atoms with Crippen LogP contribution in [0.1, 0.15) is 42.9 Å². The van der Waals surface area contributed by atoms with Gasteiger partial charge in [-0.05, 0) is 38.0 Å². The molecule has 2 atom stereocenters. The molecule has 0 radical (unpaired) electrons. The summed E-state index contributed by atoms with van der Waals surface area (Å²) < 4.78 is 13.1. The molecule has 1 fully saturated rings. The average Bonchev–Trinajstić information content (AvgIpc) is 3.35. The molecule has 4 heterocycles. The Morgan fingerprint density at radius 2 is 2.21 bits per heavy atom. The smallest absolute Gasteiger partial charge is 0.124 e. The quantitative estimate of drug-likeness (QED) is 0.543. The van der Waals surface area contributed by atoms with E-state index in [2.05, 4.69) is 27.7 Å². The van der Waals surface area contributed by atoms with E-state index in [1.165, 1.54) is 0 Å². The van der Waals surface area contributed by atoms with Gasteiger partial charge >= 0.3 is 0 Å². The zero-order valence-electron chi connectivity index (χ0n) is 15.5. The van der Waals surface area contributed by atoms with E-state index < -0.39 is 0 Å². The van der Waals surface area contributed by atoms with E-state index >= 15 is 0 Å².